The van der Waals surface area contributed by atoms with Crippen molar-refractivity contribution in [1.82, 2.24) is 5.32 Å². The molecule has 0 radical (unpaired) electrons. The van der Waals surface area contributed by atoms with E-state index < -0.39 is 0 Å². The Bertz CT molecular complexity index is 410. The molecule has 100 valence electrons. The van der Waals surface area contributed by atoms with E-state index >= 15 is 0 Å². The minimum absolute atomic E-state index is 0.0361. The van der Waals surface area contributed by atoms with E-state index in [0.29, 0.717) is 5.92 Å². The highest BCUT2D eigenvalue weighted by Crippen LogP contribution is 2.49. The van der Waals surface area contributed by atoms with Crippen molar-refractivity contribution in [2.24, 2.45) is 16.8 Å². The van der Waals surface area contributed by atoms with Crippen molar-refractivity contribution in [3.8, 4) is 0 Å². The molecule has 1 heterocycles. The molecule has 0 saturated heterocycles. The summed E-state index contributed by atoms with van der Waals surface area (Å²) in [4.78, 5) is 16.3. The SMILES string of the molecule is CC(C)[C@@]1(C)SC(NC23CCC(CC2)C3)=NC1=O. The number of hydrogen-bond acceptors (Lipinski definition) is 3. The summed E-state index contributed by atoms with van der Waals surface area (Å²) in [5, 5.41) is 4.49. The number of fused-ring (bicyclic) bond motifs is 2. The number of amides is 1. The van der Waals surface area contributed by atoms with Crippen LogP contribution in [0.3, 0.4) is 0 Å². The van der Waals surface area contributed by atoms with Gasteiger partial charge in [-0.05, 0) is 50.9 Å². The third-order valence-electron chi connectivity index (χ3n) is 5.15. The van der Waals surface area contributed by atoms with Crippen LogP contribution in [-0.4, -0.2) is 21.4 Å². The Morgan fingerprint density at radius 2 is 2.06 bits per heavy atom. The second kappa shape index (κ2) is 3.99. The van der Waals surface area contributed by atoms with Gasteiger partial charge in [0.25, 0.3) is 5.91 Å². The highest BCUT2D eigenvalue weighted by Gasteiger charge is 2.49. The molecule has 3 aliphatic rings. The highest BCUT2D eigenvalue weighted by molar-refractivity contribution is 8.16. The topological polar surface area (TPSA) is 41.5 Å². The normalized spacial score (nSPS) is 42.8. The summed E-state index contributed by atoms with van der Waals surface area (Å²) in [5.41, 5.74) is 0.263. The molecular formula is C14H22N2OS. The van der Waals surface area contributed by atoms with Crippen LogP contribution < -0.4 is 5.32 Å². The first-order valence-electron chi connectivity index (χ1n) is 7.04. The van der Waals surface area contributed by atoms with Gasteiger partial charge in [0.15, 0.2) is 5.17 Å². The first kappa shape index (κ1) is 12.5. The molecule has 18 heavy (non-hydrogen) atoms. The minimum atomic E-state index is -0.365. The van der Waals surface area contributed by atoms with E-state index in [0.717, 1.165) is 11.1 Å². The summed E-state index contributed by atoms with van der Waals surface area (Å²) >= 11 is 1.64. The lowest BCUT2D eigenvalue weighted by Crippen LogP contribution is -2.44. The molecule has 2 aliphatic carbocycles. The van der Waals surface area contributed by atoms with E-state index in [1.807, 2.05) is 6.92 Å². The average molecular weight is 266 g/mol. The molecule has 2 saturated carbocycles. The van der Waals surface area contributed by atoms with E-state index in [-0.39, 0.29) is 16.2 Å². The largest absolute Gasteiger partial charge is 0.359 e. The van der Waals surface area contributed by atoms with Gasteiger partial charge in [0.05, 0.1) is 0 Å². The standard InChI is InChI=1S/C14H22N2OS/c1-9(2)13(3)11(17)15-12(18-13)16-14-6-4-10(8-14)5-7-14/h9-10H,4-8H2,1-3H3,(H,15,16,17)/t10?,13-,14?/m1/s1. The molecule has 3 nitrogen and oxygen atoms in total. The number of rotatable bonds is 2. The Morgan fingerprint density at radius 1 is 1.39 bits per heavy atom. The van der Waals surface area contributed by atoms with Crippen molar-refractivity contribution in [2.45, 2.75) is 63.2 Å². The summed E-state index contributed by atoms with van der Waals surface area (Å²) in [6.45, 7) is 6.22. The predicted molar refractivity (Wildman–Crippen MR) is 75.7 cm³/mol. The van der Waals surface area contributed by atoms with Crippen molar-refractivity contribution >= 4 is 22.8 Å². The lowest BCUT2D eigenvalue weighted by molar-refractivity contribution is -0.120. The third-order valence-corrected chi connectivity index (χ3v) is 6.61. The predicted octanol–water partition coefficient (Wildman–Crippen LogP) is 2.95. The van der Waals surface area contributed by atoms with Crippen molar-refractivity contribution in [2.75, 3.05) is 0 Å². The van der Waals surface area contributed by atoms with Gasteiger partial charge in [-0.15, -0.1) is 0 Å². The van der Waals surface area contributed by atoms with Crippen LogP contribution in [0.15, 0.2) is 4.99 Å². The summed E-state index contributed by atoms with van der Waals surface area (Å²) < 4.78 is -0.365. The molecule has 0 aromatic carbocycles. The zero-order valence-corrected chi connectivity index (χ0v) is 12.3. The van der Waals surface area contributed by atoms with Crippen LogP contribution >= 0.6 is 11.8 Å². The van der Waals surface area contributed by atoms with E-state index in [2.05, 4.69) is 24.2 Å². The second-order valence-electron chi connectivity index (χ2n) is 6.64. The zero-order chi connectivity index (χ0) is 13.0. The maximum Gasteiger partial charge on any atom is 0.264 e. The molecule has 2 fully saturated rings. The van der Waals surface area contributed by atoms with Crippen LogP contribution in [0.25, 0.3) is 0 Å². The van der Waals surface area contributed by atoms with Gasteiger partial charge in [-0.1, -0.05) is 25.6 Å². The van der Waals surface area contributed by atoms with Gasteiger partial charge in [0.2, 0.25) is 0 Å². The summed E-state index contributed by atoms with van der Waals surface area (Å²) in [7, 11) is 0. The third kappa shape index (κ3) is 1.80. The van der Waals surface area contributed by atoms with E-state index in [1.54, 1.807) is 11.8 Å². The molecule has 0 spiro atoms. The monoisotopic (exact) mass is 266 g/mol. The smallest absolute Gasteiger partial charge is 0.264 e. The summed E-state index contributed by atoms with van der Waals surface area (Å²) in [6.07, 6.45) is 6.48. The number of carbonyl (C=O) groups is 1. The molecule has 3 rings (SSSR count). The van der Waals surface area contributed by atoms with Crippen molar-refractivity contribution < 1.29 is 4.79 Å². The van der Waals surface area contributed by atoms with Crippen LogP contribution in [0, 0.1) is 11.8 Å². The van der Waals surface area contributed by atoms with Crippen LogP contribution in [0.4, 0.5) is 0 Å². The molecule has 1 N–H and O–H groups in total. The first-order chi connectivity index (χ1) is 8.43. The number of aliphatic imine (C=N–C) groups is 1. The molecule has 0 aromatic rings. The molecular weight excluding hydrogens is 244 g/mol. The van der Waals surface area contributed by atoms with Crippen molar-refractivity contribution in [3.63, 3.8) is 0 Å². The van der Waals surface area contributed by atoms with Gasteiger partial charge < -0.3 is 5.32 Å². The zero-order valence-electron chi connectivity index (χ0n) is 11.5. The van der Waals surface area contributed by atoms with Gasteiger partial charge >= 0.3 is 0 Å². The lowest BCUT2D eigenvalue weighted by atomic mass is 9.94. The maximum absolute atomic E-state index is 12.1. The number of hydrogen-bond donors (Lipinski definition) is 1. The first-order valence-corrected chi connectivity index (χ1v) is 7.85. The molecule has 0 unspecified atom stereocenters. The molecule has 1 amide bonds. The number of thioether (sulfide) groups is 1. The van der Waals surface area contributed by atoms with E-state index in [4.69, 9.17) is 0 Å². The fourth-order valence-corrected chi connectivity index (χ4v) is 4.65. The minimum Gasteiger partial charge on any atom is -0.359 e. The lowest BCUT2D eigenvalue weighted by Gasteiger charge is -2.30. The Labute approximate surface area is 113 Å². The van der Waals surface area contributed by atoms with Crippen LogP contribution in [-0.2, 0) is 4.79 Å². The number of nitrogens with one attached hydrogen (secondary N) is 1. The Balaban J connectivity index is 1.72. The molecule has 0 aromatic heterocycles. The van der Waals surface area contributed by atoms with Crippen LogP contribution in [0.2, 0.25) is 0 Å². The molecule has 4 heteroatoms. The summed E-state index contributed by atoms with van der Waals surface area (Å²) in [5.74, 6) is 1.26. The van der Waals surface area contributed by atoms with Gasteiger partial charge in [-0.3, -0.25) is 4.79 Å². The van der Waals surface area contributed by atoms with Crippen molar-refractivity contribution in [3.05, 3.63) is 0 Å². The summed E-state index contributed by atoms with van der Waals surface area (Å²) in [6, 6.07) is 0. The Kier molecular flexibility index (Phi) is 2.78. The molecule has 1 atom stereocenters. The Morgan fingerprint density at radius 3 is 2.50 bits per heavy atom. The highest BCUT2D eigenvalue weighted by atomic mass is 32.2. The number of carbonyl (C=O) groups excluding carboxylic acids is 1. The fraction of sp³-hybridized carbons (Fsp3) is 0.857. The van der Waals surface area contributed by atoms with Gasteiger partial charge in [-0.25, -0.2) is 0 Å². The quantitative estimate of drug-likeness (QED) is 0.835. The number of nitrogens with zero attached hydrogens (tertiary/aromatic N) is 1. The van der Waals surface area contributed by atoms with Gasteiger partial charge in [-0.2, -0.15) is 4.99 Å². The van der Waals surface area contributed by atoms with E-state index in [1.165, 1.54) is 32.1 Å². The van der Waals surface area contributed by atoms with Gasteiger partial charge in [0.1, 0.15) is 4.75 Å². The van der Waals surface area contributed by atoms with Gasteiger partial charge in [0, 0.05) is 5.54 Å². The molecule has 1 aliphatic heterocycles. The maximum atomic E-state index is 12.1. The number of amidine groups is 1. The van der Waals surface area contributed by atoms with Crippen LogP contribution in [0.1, 0.15) is 52.9 Å². The fourth-order valence-electron chi connectivity index (χ4n) is 3.48. The molecule has 2 bridgehead atoms. The van der Waals surface area contributed by atoms with E-state index in [9.17, 15) is 4.79 Å². The van der Waals surface area contributed by atoms with Crippen molar-refractivity contribution in [1.29, 1.82) is 0 Å². The average Bonchev–Trinajstić information content (AvgIpc) is 2.94. The van der Waals surface area contributed by atoms with Crippen LogP contribution in [0.5, 0.6) is 0 Å². The second-order valence-corrected chi connectivity index (χ2v) is 8.08. The Hall–Kier alpha value is -0.510.